The Bertz CT molecular complexity index is 721. The van der Waals surface area contributed by atoms with Crippen molar-refractivity contribution in [1.29, 1.82) is 0 Å². The highest BCUT2D eigenvalue weighted by Gasteiger charge is 2.38. The molecule has 2 aliphatic carbocycles. The molecule has 1 heterocycles. The number of imidazole rings is 1. The fourth-order valence-corrected chi connectivity index (χ4v) is 3.16. The maximum atomic E-state index is 10.1. The number of hydrogen-bond acceptors (Lipinski definition) is 5. The van der Waals surface area contributed by atoms with Gasteiger partial charge in [-0.3, -0.25) is 0 Å². The third-order valence-corrected chi connectivity index (χ3v) is 5.02. The molecule has 4 rings (SSSR count). The van der Waals surface area contributed by atoms with E-state index >= 15 is 0 Å². The number of ether oxygens (including phenoxy) is 1. The van der Waals surface area contributed by atoms with E-state index in [2.05, 4.69) is 10.1 Å². The number of aliphatic hydroxyl groups is 1. The third kappa shape index (κ3) is 5.32. The summed E-state index contributed by atoms with van der Waals surface area (Å²) in [6.45, 7) is 0.836. The van der Waals surface area contributed by atoms with E-state index in [1.807, 2.05) is 35.0 Å². The van der Waals surface area contributed by atoms with Crippen LogP contribution in [0.25, 0.3) is 5.69 Å². The molecule has 1 atom stereocenters. The summed E-state index contributed by atoms with van der Waals surface area (Å²) < 4.78 is 7.69. The molecule has 0 saturated heterocycles. The van der Waals surface area contributed by atoms with Crippen molar-refractivity contribution in [3.8, 4) is 11.4 Å². The second kappa shape index (κ2) is 8.57. The van der Waals surface area contributed by atoms with Crippen molar-refractivity contribution in [2.45, 2.75) is 44.6 Å². The molecule has 6 heteroatoms. The Morgan fingerprint density at radius 1 is 1.19 bits per heavy atom. The predicted octanol–water partition coefficient (Wildman–Crippen LogP) is 3.58. The standard InChI is InChI=1S/C21H27N3O3/c25-19(14-27-23-21(16-3-4-16)17-5-6-17)2-1-13-26-20-9-7-18(8-10-20)24-12-11-22-15-24/h7-12,15-17,19,25H,1-6,13-14H2. The molecular weight excluding hydrogens is 342 g/mol. The van der Waals surface area contributed by atoms with Gasteiger partial charge in [0, 0.05) is 29.9 Å². The number of rotatable bonds is 11. The van der Waals surface area contributed by atoms with Gasteiger partial charge in [-0.15, -0.1) is 0 Å². The van der Waals surface area contributed by atoms with E-state index in [0.29, 0.717) is 24.9 Å². The average Bonchev–Trinajstić information content (AvgIpc) is 3.63. The van der Waals surface area contributed by atoms with Gasteiger partial charge in [0.15, 0.2) is 0 Å². The van der Waals surface area contributed by atoms with Gasteiger partial charge in [0.05, 0.1) is 24.7 Å². The second-order valence-electron chi connectivity index (χ2n) is 7.47. The van der Waals surface area contributed by atoms with E-state index < -0.39 is 6.10 Å². The highest BCUT2D eigenvalue weighted by atomic mass is 16.6. The minimum Gasteiger partial charge on any atom is -0.494 e. The number of aromatic nitrogens is 2. The molecule has 0 radical (unpaired) electrons. The van der Waals surface area contributed by atoms with Crippen LogP contribution >= 0.6 is 0 Å². The smallest absolute Gasteiger partial charge is 0.143 e. The van der Waals surface area contributed by atoms with E-state index in [0.717, 1.165) is 17.9 Å². The zero-order valence-electron chi connectivity index (χ0n) is 15.5. The molecule has 2 fully saturated rings. The van der Waals surface area contributed by atoms with Crippen LogP contribution in [0.15, 0.2) is 48.1 Å². The molecule has 2 saturated carbocycles. The summed E-state index contributed by atoms with van der Waals surface area (Å²) >= 11 is 0. The van der Waals surface area contributed by atoms with E-state index in [1.54, 1.807) is 12.5 Å². The maximum Gasteiger partial charge on any atom is 0.143 e. The van der Waals surface area contributed by atoms with Crippen LogP contribution < -0.4 is 4.74 Å². The maximum absolute atomic E-state index is 10.1. The molecule has 1 aromatic carbocycles. The van der Waals surface area contributed by atoms with Gasteiger partial charge in [0.1, 0.15) is 12.4 Å². The summed E-state index contributed by atoms with van der Waals surface area (Å²) in [5, 5.41) is 14.4. The van der Waals surface area contributed by atoms with Crippen LogP contribution in [0.3, 0.4) is 0 Å². The van der Waals surface area contributed by atoms with Gasteiger partial charge in [-0.05, 0) is 62.8 Å². The monoisotopic (exact) mass is 369 g/mol. The summed E-state index contributed by atoms with van der Waals surface area (Å²) in [5.74, 6) is 2.14. The van der Waals surface area contributed by atoms with Crippen molar-refractivity contribution >= 4 is 5.71 Å². The first kappa shape index (κ1) is 18.0. The molecule has 2 aliphatic rings. The first-order valence-corrected chi connectivity index (χ1v) is 9.88. The van der Waals surface area contributed by atoms with Crippen molar-refractivity contribution in [2.24, 2.45) is 17.0 Å². The Hall–Kier alpha value is -2.34. The molecule has 1 N–H and O–H groups in total. The number of oxime groups is 1. The van der Waals surface area contributed by atoms with Crippen LogP contribution in [0.4, 0.5) is 0 Å². The van der Waals surface area contributed by atoms with Crippen LogP contribution in [0.2, 0.25) is 0 Å². The van der Waals surface area contributed by atoms with Crippen LogP contribution in [-0.4, -0.2) is 39.7 Å². The van der Waals surface area contributed by atoms with Gasteiger partial charge in [-0.25, -0.2) is 4.98 Å². The van der Waals surface area contributed by atoms with Crippen molar-refractivity contribution in [3.05, 3.63) is 43.0 Å². The lowest BCUT2D eigenvalue weighted by Crippen LogP contribution is -2.16. The summed E-state index contributed by atoms with van der Waals surface area (Å²) in [4.78, 5) is 9.46. The van der Waals surface area contributed by atoms with Gasteiger partial charge in [0.25, 0.3) is 0 Å². The van der Waals surface area contributed by atoms with E-state index in [9.17, 15) is 5.11 Å². The Kier molecular flexibility index (Phi) is 5.72. The predicted molar refractivity (Wildman–Crippen MR) is 103 cm³/mol. The zero-order chi connectivity index (χ0) is 18.5. The molecular formula is C21H27N3O3. The lowest BCUT2D eigenvalue weighted by molar-refractivity contribution is 0.0321. The van der Waals surface area contributed by atoms with Gasteiger partial charge >= 0.3 is 0 Å². The SMILES string of the molecule is OC(CCCOc1ccc(-n2ccnc2)cc1)CON=C(C1CC1)C1CC1. The topological polar surface area (TPSA) is 68.9 Å². The molecule has 2 aromatic rings. The molecule has 0 aliphatic heterocycles. The van der Waals surface area contributed by atoms with Crippen molar-refractivity contribution in [3.63, 3.8) is 0 Å². The number of hydrogen-bond donors (Lipinski definition) is 1. The largest absolute Gasteiger partial charge is 0.494 e. The molecule has 1 aromatic heterocycles. The second-order valence-corrected chi connectivity index (χ2v) is 7.47. The van der Waals surface area contributed by atoms with Crippen LogP contribution in [0.1, 0.15) is 38.5 Å². The molecule has 0 bridgehead atoms. The quantitative estimate of drug-likeness (QED) is 0.373. The van der Waals surface area contributed by atoms with E-state index in [1.165, 1.54) is 31.4 Å². The number of aliphatic hydroxyl groups excluding tert-OH is 1. The van der Waals surface area contributed by atoms with Crippen LogP contribution in [0.5, 0.6) is 5.75 Å². The average molecular weight is 369 g/mol. The fraction of sp³-hybridized carbons (Fsp3) is 0.524. The number of benzene rings is 1. The van der Waals surface area contributed by atoms with Crippen LogP contribution in [0, 0.1) is 11.8 Å². The first-order valence-electron chi connectivity index (χ1n) is 9.88. The normalized spacial score (nSPS) is 17.4. The van der Waals surface area contributed by atoms with Crippen molar-refractivity contribution < 1.29 is 14.7 Å². The molecule has 144 valence electrons. The van der Waals surface area contributed by atoms with Gasteiger partial charge < -0.3 is 19.2 Å². The van der Waals surface area contributed by atoms with Gasteiger partial charge in [-0.1, -0.05) is 5.16 Å². The van der Waals surface area contributed by atoms with Crippen LogP contribution in [-0.2, 0) is 4.84 Å². The number of nitrogens with zero attached hydrogens (tertiary/aromatic N) is 3. The zero-order valence-corrected chi connectivity index (χ0v) is 15.5. The summed E-state index contributed by atoms with van der Waals surface area (Å²) in [5.41, 5.74) is 2.29. The lowest BCUT2D eigenvalue weighted by Gasteiger charge is -2.11. The van der Waals surface area contributed by atoms with E-state index in [4.69, 9.17) is 9.57 Å². The Labute approximate surface area is 159 Å². The summed E-state index contributed by atoms with van der Waals surface area (Å²) in [7, 11) is 0. The molecule has 0 spiro atoms. The molecule has 1 unspecified atom stereocenters. The van der Waals surface area contributed by atoms with Gasteiger partial charge in [-0.2, -0.15) is 0 Å². The third-order valence-electron chi connectivity index (χ3n) is 5.02. The summed E-state index contributed by atoms with van der Waals surface area (Å²) in [6.07, 6.45) is 11.3. The highest BCUT2D eigenvalue weighted by molar-refractivity contribution is 5.92. The highest BCUT2D eigenvalue weighted by Crippen LogP contribution is 2.42. The van der Waals surface area contributed by atoms with Crippen molar-refractivity contribution in [2.75, 3.05) is 13.2 Å². The molecule has 27 heavy (non-hydrogen) atoms. The minimum atomic E-state index is -0.499. The molecule has 6 nitrogen and oxygen atoms in total. The van der Waals surface area contributed by atoms with Gasteiger partial charge in [0.2, 0.25) is 0 Å². The van der Waals surface area contributed by atoms with E-state index in [-0.39, 0.29) is 6.61 Å². The first-order chi connectivity index (χ1) is 13.3. The van der Waals surface area contributed by atoms with Crippen molar-refractivity contribution in [1.82, 2.24) is 9.55 Å². The fourth-order valence-electron chi connectivity index (χ4n) is 3.16. The minimum absolute atomic E-state index is 0.266. The molecule has 0 amide bonds. The Balaban J connectivity index is 1.12. The summed E-state index contributed by atoms with van der Waals surface area (Å²) in [6, 6.07) is 7.88. The Morgan fingerprint density at radius 3 is 2.56 bits per heavy atom. The Morgan fingerprint density at radius 2 is 1.93 bits per heavy atom. The lowest BCUT2D eigenvalue weighted by atomic mass is 10.2.